The maximum Gasteiger partial charge on any atom is 0.173 e. The van der Waals surface area contributed by atoms with Crippen LogP contribution in [0.5, 0.6) is 11.5 Å². The van der Waals surface area contributed by atoms with Gasteiger partial charge in [-0.05, 0) is 25.5 Å². The van der Waals surface area contributed by atoms with Gasteiger partial charge in [-0.2, -0.15) is 0 Å². The molecule has 0 saturated heterocycles. The van der Waals surface area contributed by atoms with E-state index in [9.17, 15) is 0 Å². The first-order valence-electron chi connectivity index (χ1n) is 5.95. The fourth-order valence-corrected chi connectivity index (χ4v) is 1.67. The van der Waals surface area contributed by atoms with Gasteiger partial charge in [-0.3, -0.25) is 0 Å². The molecular formula is C13H20N2O3. The first-order chi connectivity index (χ1) is 8.62. The van der Waals surface area contributed by atoms with E-state index >= 15 is 0 Å². The number of nitrogens with zero attached hydrogens (tertiary/aromatic N) is 1. The van der Waals surface area contributed by atoms with Crippen LogP contribution in [0.4, 0.5) is 0 Å². The SMILES string of the molecule is CCCC(C)Oc1cc(OC)ccc1/C(N)=N/O. The minimum absolute atomic E-state index is 0.0244. The first kappa shape index (κ1) is 14.2. The fraction of sp³-hybridized carbons (Fsp3) is 0.462. The van der Waals surface area contributed by atoms with Gasteiger partial charge in [0.25, 0.3) is 0 Å². The minimum Gasteiger partial charge on any atom is -0.497 e. The van der Waals surface area contributed by atoms with Gasteiger partial charge in [0, 0.05) is 6.07 Å². The summed E-state index contributed by atoms with van der Waals surface area (Å²) in [5, 5.41) is 11.8. The molecule has 1 unspecified atom stereocenters. The molecule has 1 aromatic rings. The van der Waals surface area contributed by atoms with Crippen molar-refractivity contribution in [2.45, 2.75) is 32.8 Å². The predicted molar refractivity (Wildman–Crippen MR) is 70.5 cm³/mol. The maximum atomic E-state index is 8.75. The topological polar surface area (TPSA) is 77.1 Å². The van der Waals surface area contributed by atoms with Gasteiger partial charge in [-0.15, -0.1) is 0 Å². The van der Waals surface area contributed by atoms with E-state index < -0.39 is 0 Å². The summed E-state index contributed by atoms with van der Waals surface area (Å²) in [6.45, 7) is 4.08. The zero-order valence-corrected chi connectivity index (χ0v) is 11.0. The van der Waals surface area contributed by atoms with Gasteiger partial charge in [0.15, 0.2) is 5.84 Å². The van der Waals surface area contributed by atoms with Gasteiger partial charge in [0.2, 0.25) is 0 Å². The van der Waals surface area contributed by atoms with Crippen LogP contribution in [0, 0.1) is 0 Å². The van der Waals surface area contributed by atoms with Crippen molar-refractivity contribution in [3.05, 3.63) is 23.8 Å². The molecule has 18 heavy (non-hydrogen) atoms. The monoisotopic (exact) mass is 252 g/mol. The molecule has 100 valence electrons. The highest BCUT2D eigenvalue weighted by molar-refractivity contribution is 5.99. The second kappa shape index (κ2) is 6.74. The zero-order valence-electron chi connectivity index (χ0n) is 11.0. The van der Waals surface area contributed by atoms with E-state index in [4.69, 9.17) is 20.4 Å². The average Bonchev–Trinajstić information content (AvgIpc) is 2.38. The van der Waals surface area contributed by atoms with Crippen molar-refractivity contribution in [1.29, 1.82) is 0 Å². The van der Waals surface area contributed by atoms with Crippen molar-refractivity contribution in [1.82, 2.24) is 0 Å². The lowest BCUT2D eigenvalue weighted by molar-refractivity contribution is 0.208. The highest BCUT2D eigenvalue weighted by atomic mass is 16.5. The number of hydrogen-bond acceptors (Lipinski definition) is 4. The number of nitrogens with two attached hydrogens (primary N) is 1. The van der Waals surface area contributed by atoms with Crippen LogP contribution in [-0.4, -0.2) is 24.3 Å². The number of methoxy groups -OCH3 is 1. The molecule has 0 spiro atoms. The van der Waals surface area contributed by atoms with E-state index in [1.165, 1.54) is 0 Å². The Morgan fingerprint density at radius 1 is 1.50 bits per heavy atom. The number of ether oxygens (including phenoxy) is 2. The molecule has 3 N–H and O–H groups in total. The van der Waals surface area contributed by atoms with Gasteiger partial charge < -0.3 is 20.4 Å². The Morgan fingerprint density at radius 3 is 2.78 bits per heavy atom. The van der Waals surface area contributed by atoms with Crippen LogP contribution < -0.4 is 15.2 Å². The highest BCUT2D eigenvalue weighted by Crippen LogP contribution is 2.26. The van der Waals surface area contributed by atoms with E-state index in [1.54, 1.807) is 25.3 Å². The Balaban J connectivity index is 3.04. The van der Waals surface area contributed by atoms with E-state index in [2.05, 4.69) is 12.1 Å². The molecule has 0 aliphatic carbocycles. The standard InChI is InChI=1S/C13H20N2O3/c1-4-5-9(2)18-12-8-10(17-3)6-7-11(12)13(14)15-16/h6-9,16H,4-5H2,1-3H3,(H2,14,15). The third-order valence-corrected chi connectivity index (χ3v) is 2.60. The van der Waals surface area contributed by atoms with Crippen molar-refractivity contribution in [2.75, 3.05) is 7.11 Å². The average molecular weight is 252 g/mol. The highest BCUT2D eigenvalue weighted by Gasteiger charge is 2.12. The number of oxime groups is 1. The molecule has 0 saturated carbocycles. The van der Waals surface area contributed by atoms with Crippen LogP contribution in [0.25, 0.3) is 0 Å². The van der Waals surface area contributed by atoms with E-state index in [0.717, 1.165) is 12.8 Å². The molecule has 0 aliphatic rings. The molecule has 0 aromatic heterocycles. The molecule has 0 radical (unpaired) electrons. The van der Waals surface area contributed by atoms with Crippen LogP contribution >= 0.6 is 0 Å². The lowest BCUT2D eigenvalue weighted by Gasteiger charge is -2.17. The number of hydrogen-bond donors (Lipinski definition) is 2. The molecule has 0 bridgehead atoms. The molecule has 1 rings (SSSR count). The Labute approximate surface area is 107 Å². The molecule has 0 aliphatic heterocycles. The van der Waals surface area contributed by atoms with E-state index in [1.807, 2.05) is 6.92 Å². The van der Waals surface area contributed by atoms with Gasteiger partial charge in [0.1, 0.15) is 11.5 Å². The summed E-state index contributed by atoms with van der Waals surface area (Å²) in [4.78, 5) is 0. The fourth-order valence-electron chi connectivity index (χ4n) is 1.67. The Kier molecular flexibility index (Phi) is 5.30. The summed E-state index contributed by atoms with van der Waals surface area (Å²) in [6.07, 6.45) is 2.03. The Hall–Kier alpha value is -1.91. The molecule has 5 heteroatoms. The number of rotatable bonds is 6. The molecule has 1 aromatic carbocycles. The van der Waals surface area contributed by atoms with Crippen LogP contribution in [0.1, 0.15) is 32.3 Å². The van der Waals surface area contributed by atoms with Crippen LogP contribution in [0.15, 0.2) is 23.4 Å². The van der Waals surface area contributed by atoms with E-state index in [0.29, 0.717) is 17.1 Å². The smallest absolute Gasteiger partial charge is 0.173 e. The quantitative estimate of drug-likeness (QED) is 0.352. The second-order valence-electron chi connectivity index (χ2n) is 4.06. The summed E-state index contributed by atoms with van der Waals surface area (Å²) in [5.74, 6) is 1.25. The Bertz CT molecular complexity index is 419. The summed E-state index contributed by atoms with van der Waals surface area (Å²) in [6, 6.07) is 5.19. The largest absolute Gasteiger partial charge is 0.497 e. The van der Waals surface area contributed by atoms with Crippen LogP contribution in [-0.2, 0) is 0 Å². The third kappa shape index (κ3) is 3.55. The van der Waals surface area contributed by atoms with Crippen molar-refractivity contribution in [2.24, 2.45) is 10.9 Å². The number of benzene rings is 1. The molecule has 1 atom stereocenters. The molecular weight excluding hydrogens is 232 g/mol. The minimum atomic E-state index is 0.0244. The summed E-state index contributed by atoms with van der Waals surface area (Å²) < 4.78 is 10.9. The molecule has 0 heterocycles. The van der Waals surface area contributed by atoms with Gasteiger partial charge >= 0.3 is 0 Å². The van der Waals surface area contributed by atoms with Crippen molar-refractivity contribution >= 4 is 5.84 Å². The Morgan fingerprint density at radius 2 is 2.22 bits per heavy atom. The molecule has 0 amide bonds. The number of amidine groups is 1. The normalized spacial score (nSPS) is 13.2. The van der Waals surface area contributed by atoms with Crippen molar-refractivity contribution in [3.63, 3.8) is 0 Å². The summed E-state index contributed by atoms with van der Waals surface area (Å²) in [5.41, 5.74) is 6.17. The van der Waals surface area contributed by atoms with Gasteiger partial charge in [-0.1, -0.05) is 18.5 Å². The predicted octanol–water partition coefficient (Wildman–Crippen LogP) is 2.36. The van der Waals surface area contributed by atoms with Crippen LogP contribution in [0.3, 0.4) is 0 Å². The lowest BCUT2D eigenvalue weighted by Crippen LogP contribution is -2.18. The van der Waals surface area contributed by atoms with Crippen molar-refractivity contribution < 1.29 is 14.7 Å². The zero-order chi connectivity index (χ0) is 13.5. The first-order valence-corrected chi connectivity index (χ1v) is 5.95. The van der Waals surface area contributed by atoms with Gasteiger partial charge in [0.05, 0.1) is 18.8 Å². The van der Waals surface area contributed by atoms with Crippen molar-refractivity contribution in [3.8, 4) is 11.5 Å². The second-order valence-corrected chi connectivity index (χ2v) is 4.06. The van der Waals surface area contributed by atoms with Crippen LogP contribution in [0.2, 0.25) is 0 Å². The molecule has 0 fully saturated rings. The lowest BCUT2D eigenvalue weighted by atomic mass is 10.1. The molecule has 5 nitrogen and oxygen atoms in total. The van der Waals surface area contributed by atoms with Gasteiger partial charge in [-0.25, -0.2) is 0 Å². The summed E-state index contributed by atoms with van der Waals surface area (Å²) in [7, 11) is 1.58. The van der Waals surface area contributed by atoms with E-state index in [-0.39, 0.29) is 11.9 Å². The summed E-state index contributed by atoms with van der Waals surface area (Å²) >= 11 is 0. The maximum absolute atomic E-state index is 8.75. The third-order valence-electron chi connectivity index (χ3n) is 2.60.